The van der Waals surface area contributed by atoms with Gasteiger partial charge in [0, 0.05) is 11.8 Å². The fourth-order valence-corrected chi connectivity index (χ4v) is 3.56. The lowest BCUT2D eigenvalue weighted by atomic mass is 9.98. The van der Waals surface area contributed by atoms with Gasteiger partial charge in [0.2, 0.25) is 10.0 Å². The average Bonchev–Trinajstić information content (AvgIpc) is 2.66. The van der Waals surface area contributed by atoms with Crippen molar-refractivity contribution in [1.29, 1.82) is 0 Å². The van der Waals surface area contributed by atoms with E-state index in [4.69, 9.17) is 21.5 Å². The Morgan fingerprint density at radius 2 is 1.86 bits per heavy atom. The van der Waals surface area contributed by atoms with Crippen LogP contribution in [0.5, 0.6) is 0 Å². The number of nitrogens with zero attached hydrogens (tertiary/aromatic N) is 3. The van der Waals surface area contributed by atoms with Crippen LogP contribution < -0.4 is 16.4 Å². The summed E-state index contributed by atoms with van der Waals surface area (Å²) in [5, 5.41) is 27.0. The molecular formula is C18H23N6O4S+. The van der Waals surface area contributed by atoms with Crippen LogP contribution in [0.25, 0.3) is 11.1 Å². The monoisotopic (exact) mass is 419 g/mol. The maximum Gasteiger partial charge on any atom is 0.352 e. The maximum absolute atomic E-state index is 12.0. The molecule has 2 rings (SSSR count). The molecule has 0 aliphatic carbocycles. The molecular weight excluding hydrogens is 396 g/mol. The van der Waals surface area contributed by atoms with E-state index in [2.05, 4.69) is 10.3 Å². The summed E-state index contributed by atoms with van der Waals surface area (Å²) < 4.78 is 24.0. The SMILES string of the molecule is CC(C(=O)O)N(C)Cc1ccc(-c2cccc(S(N)(=O)=O)c2C(=[NH2+])N=NN)cc1. The van der Waals surface area contributed by atoms with Crippen molar-refractivity contribution in [1.82, 2.24) is 4.90 Å². The van der Waals surface area contributed by atoms with Gasteiger partial charge in [0.25, 0.3) is 0 Å². The summed E-state index contributed by atoms with van der Waals surface area (Å²) in [7, 11) is -2.36. The Hall–Kier alpha value is -3.15. The zero-order valence-electron chi connectivity index (χ0n) is 16.0. The average molecular weight is 419 g/mol. The van der Waals surface area contributed by atoms with Crippen molar-refractivity contribution in [2.45, 2.75) is 24.4 Å². The second kappa shape index (κ2) is 8.90. The van der Waals surface area contributed by atoms with Crippen LogP contribution in [0.3, 0.4) is 0 Å². The number of primary sulfonamides is 1. The summed E-state index contributed by atoms with van der Waals surface area (Å²) >= 11 is 0. The van der Waals surface area contributed by atoms with Gasteiger partial charge in [0.05, 0.1) is 15.6 Å². The molecule has 0 aliphatic heterocycles. The van der Waals surface area contributed by atoms with E-state index in [9.17, 15) is 13.2 Å². The number of benzene rings is 2. The number of likely N-dealkylation sites (N-methyl/N-ethyl adjacent to an activating group) is 1. The van der Waals surface area contributed by atoms with Crippen molar-refractivity contribution >= 4 is 21.8 Å². The number of carboxylic acids is 1. The van der Waals surface area contributed by atoms with E-state index in [0.717, 1.165) is 5.56 Å². The molecule has 0 aliphatic rings. The number of aliphatic carboxylic acids is 1. The van der Waals surface area contributed by atoms with Gasteiger partial charge in [0.15, 0.2) is 0 Å². The molecule has 0 heterocycles. The van der Waals surface area contributed by atoms with Crippen molar-refractivity contribution in [2.24, 2.45) is 21.3 Å². The first-order valence-corrected chi connectivity index (χ1v) is 10.0. The molecule has 154 valence electrons. The Morgan fingerprint density at radius 3 is 2.38 bits per heavy atom. The number of carboxylic acid groups (broad SMARTS) is 1. The van der Waals surface area contributed by atoms with E-state index in [1.807, 2.05) is 12.1 Å². The zero-order chi connectivity index (χ0) is 21.8. The largest absolute Gasteiger partial charge is 0.480 e. The molecule has 1 atom stereocenters. The third-order valence-electron chi connectivity index (χ3n) is 4.47. The first-order chi connectivity index (χ1) is 13.6. The number of rotatable bonds is 7. The number of nitrogens with two attached hydrogens (primary N) is 3. The normalized spacial score (nSPS) is 13.0. The quantitative estimate of drug-likeness (QED) is 0.158. The molecule has 7 N–H and O–H groups in total. The molecule has 0 bridgehead atoms. The lowest BCUT2D eigenvalue weighted by Gasteiger charge is -2.21. The van der Waals surface area contributed by atoms with Crippen molar-refractivity contribution in [3.05, 3.63) is 53.6 Å². The molecule has 0 saturated carbocycles. The molecule has 1 unspecified atom stereocenters. The highest BCUT2D eigenvalue weighted by molar-refractivity contribution is 7.89. The van der Waals surface area contributed by atoms with Crippen LogP contribution in [-0.4, -0.2) is 43.3 Å². The maximum atomic E-state index is 12.0. The van der Waals surface area contributed by atoms with E-state index >= 15 is 0 Å². The lowest BCUT2D eigenvalue weighted by Crippen LogP contribution is -2.40. The predicted octanol–water partition coefficient (Wildman–Crippen LogP) is -0.262. The molecule has 0 radical (unpaired) electrons. The van der Waals surface area contributed by atoms with E-state index in [1.165, 1.54) is 6.07 Å². The number of sulfonamides is 1. The van der Waals surface area contributed by atoms with Gasteiger partial charge < -0.3 is 5.11 Å². The molecule has 10 nitrogen and oxygen atoms in total. The Morgan fingerprint density at radius 1 is 1.24 bits per heavy atom. The fraction of sp³-hybridized carbons (Fsp3) is 0.222. The first-order valence-electron chi connectivity index (χ1n) is 8.48. The molecule has 0 spiro atoms. The van der Waals surface area contributed by atoms with Crippen molar-refractivity contribution < 1.29 is 23.7 Å². The van der Waals surface area contributed by atoms with Gasteiger partial charge in [0.1, 0.15) is 6.04 Å². The second-order valence-electron chi connectivity index (χ2n) is 6.45. The summed E-state index contributed by atoms with van der Waals surface area (Å²) in [5.74, 6) is 3.96. The summed E-state index contributed by atoms with van der Waals surface area (Å²) in [6, 6.07) is 11.1. The molecule has 2 aromatic rings. The Bertz CT molecular complexity index is 1050. The highest BCUT2D eigenvalue weighted by atomic mass is 32.2. The third-order valence-corrected chi connectivity index (χ3v) is 5.42. The van der Waals surface area contributed by atoms with Gasteiger partial charge >= 0.3 is 11.8 Å². The van der Waals surface area contributed by atoms with Crippen LogP contribution in [-0.2, 0) is 21.4 Å². The minimum Gasteiger partial charge on any atom is -0.480 e. The minimum atomic E-state index is -4.07. The summed E-state index contributed by atoms with van der Waals surface area (Å²) in [5.41, 5.74) is 2.14. The second-order valence-corrected chi connectivity index (χ2v) is 7.98. The Labute approximate surface area is 168 Å². The minimum absolute atomic E-state index is 0.105. The molecule has 29 heavy (non-hydrogen) atoms. The van der Waals surface area contributed by atoms with Crippen molar-refractivity contribution in [3.63, 3.8) is 0 Å². The van der Waals surface area contributed by atoms with E-state index in [0.29, 0.717) is 17.7 Å². The topological polar surface area (TPSA) is 177 Å². The van der Waals surface area contributed by atoms with Crippen LogP contribution in [0.15, 0.2) is 57.7 Å². The van der Waals surface area contributed by atoms with Gasteiger partial charge in [-0.05, 0) is 36.7 Å². The van der Waals surface area contributed by atoms with Gasteiger partial charge in [-0.15, -0.1) is 0 Å². The molecule has 0 amide bonds. The first kappa shape index (κ1) is 22.1. The highest BCUT2D eigenvalue weighted by Gasteiger charge is 2.26. The van der Waals surface area contributed by atoms with Gasteiger partial charge in [-0.25, -0.2) is 13.6 Å². The highest BCUT2D eigenvalue weighted by Crippen LogP contribution is 2.29. The van der Waals surface area contributed by atoms with E-state index in [1.54, 1.807) is 43.1 Å². The molecule has 0 saturated heterocycles. The van der Waals surface area contributed by atoms with Crippen LogP contribution in [0, 0.1) is 0 Å². The summed E-state index contributed by atoms with van der Waals surface area (Å²) in [6.07, 6.45) is 0. The smallest absolute Gasteiger partial charge is 0.352 e. The molecule has 0 fully saturated rings. The van der Waals surface area contributed by atoms with Crippen molar-refractivity contribution in [2.75, 3.05) is 7.05 Å². The number of hydrogen-bond acceptors (Lipinski definition) is 5. The number of amidine groups is 1. The Kier molecular flexibility index (Phi) is 6.80. The van der Waals surface area contributed by atoms with Gasteiger partial charge in [-0.2, -0.15) is 0 Å². The Balaban J connectivity index is 2.47. The molecule has 11 heteroatoms. The van der Waals surface area contributed by atoms with E-state index in [-0.39, 0.29) is 16.3 Å². The zero-order valence-corrected chi connectivity index (χ0v) is 16.8. The summed E-state index contributed by atoms with van der Waals surface area (Å²) in [4.78, 5) is 12.6. The lowest BCUT2D eigenvalue weighted by molar-refractivity contribution is -0.142. The van der Waals surface area contributed by atoms with Gasteiger partial charge in [-0.1, -0.05) is 36.4 Å². The third kappa shape index (κ3) is 5.22. The van der Waals surface area contributed by atoms with Crippen molar-refractivity contribution in [3.8, 4) is 11.1 Å². The molecule has 2 aromatic carbocycles. The summed E-state index contributed by atoms with van der Waals surface area (Å²) in [6.45, 7) is 2.03. The van der Waals surface area contributed by atoms with Crippen LogP contribution >= 0.6 is 0 Å². The number of carbonyl (C=O) groups is 1. The fourth-order valence-electron chi connectivity index (χ4n) is 2.79. The van der Waals surface area contributed by atoms with Crippen LogP contribution in [0.1, 0.15) is 18.1 Å². The predicted molar refractivity (Wildman–Crippen MR) is 107 cm³/mol. The number of hydrogen-bond donors (Lipinski definition) is 4. The van der Waals surface area contributed by atoms with Crippen LogP contribution in [0.4, 0.5) is 0 Å². The molecule has 0 aromatic heterocycles. The van der Waals surface area contributed by atoms with E-state index < -0.39 is 22.0 Å². The van der Waals surface area contributed by atoms with Gasteiger partial charge in [-0.3, -0.25) is 20.9 Å². The van der Waals surface area contributed by atoms with Crippen LogP contribution in [0.2, 0.25) is 0 Å². The standard InChI is InChI=1S/C18H22N6O4S/c1-11(18(25)26)24(2)10-12-6-8-13(9-7-12)14-4-3-5-15(29(21,27)28)16(14)17(19)22-23-20/h3-9,11H,10H2,1-2H3,(H,25,26)(H3,19,20,22)(H2,21,27,28)/p+1.